The van der Waals surface area contributed by atoms with Crippen LogP contribution in [0.5, 0.6) is 0 Å². The Morgan fingerprint density at radius 2 is 1.73 bits per heavy atom. The van der Waals surface area contributed by atoms with E-state index in [4.69, 9.17) is 4.74 Å². The minimum Gasteiger partial charge on any atom is -0.374 e. The average molecular weight is 212 g/mol. The van der Waals surface area contributed by atoms with Gasteiger partial charge in [0.25, 0.3) is 0 Å². The van der Waals surface area contributed by atoms with E-state index < -0.39 is 0 Å². The van der Waals surface area contributed by atoms with E-state index in [1.54, 1.807) is 0 Å². The monoisotopic (exact) mass is 212 g/mol. The molecule has 1 aliphatic carbocycles. The molecule has 0 radical (unpaired) electrons. The van der Waals surface area contributed by atoms with E-state index in [2.05, 4.69) is 6.92 Å². The Labute approximate surface area is 93.4 Å². The van der Waals surface area contributed by atoms with Crippen molar-refractivity contribution in [1.82, 2.24) is 0 Å². The van der Waals surface area contributed by atoms with Crippen LogP contribution in [0.2, 0.25) is 0 Å². The van der Waals surface area contributed by atoms with Gasteiger partial charge in [-0.2, -0.15) is 0 Å². The minimum atomic E-state index is 0.294. The number of hydrogen-bond donors (Lipinski definition) is 0. The molecule has 1 fully saturated rings. The fraction of sp³-hybridized carbons (Fsp3) is 0.923. The van der Waals surface area contributed by atoms with Crippen LogP contribution in [0.3, 0.4) is 0 Å². The third-order valence-corrected chi connectivity index (χ3v) is 3.15. The Hall–Kier alpha value is -0.370. The Bertz CT molecular complexity index is 169. The number of hydrogen-bond acceptors (Lipinski definition) is 2. The predicted molar refractivity (Wildman–Crippen MR) is 61.9 cm³/mol. The number of carbonyl (C=O) groups excluding carboxylic acids is 1. The lowest BCUT2D eigenvalue weighted by molar-refractivity contribution is -0.128. The van der Waals surface area contributed by atoms with Gasteiger partial charge >= 0.3 is 0 Å². The summed E-state index contributed by atoms with van der Waals surface area (Å²) in [6.45, 7) is 3.14. The first-order chi connectivity index (χ1) is 7.34. The summed E-state index contributed by atoms with van der Waals surface area (Å²) in [7, 11) is 0. The van der Waals surface area contributed by atoms with Crippen molar-refractivity contribution < 1.29 is 9.53 Å². The molecule has 15 heavy (non-hydrogen) atoms. The summed E-state index contributed by atoms with van der Waals surface area (Å²) in [5.41, 5.74) is 0. The predicted octanol–water partition coefficient (Wildman–Crippen LogP) is 3.34. The molecule has 0 atom stereocenters. The van der Waals surface area contributed by atoms with E-state index in [1.165, 1.54) is 32.1 Å². The van der Waals surface area contributed by atoms with Crippen LogP contribution in [-0.4, -0.2) is 19.0 Å². The van der Waals surface area contributed by atoms with Crippen molar-refractivity contribution >= 4 is 5.78 Å². The Morgan fingerprint density at radius 3 is 2.33 bits per heavy atom. The fourth-order valence-electron chi connectivity index (χ4n) is 2.21. The summed E-state index contributed by atoms with van der Waals surface area (Å²) in [5, 5.41) is 0. The van der Waals surface area contributed by atoms with Gasteiger partial charge < -0.3 is 4.74 Å². The van der Waals surface area contributed by atoms with Gasteiger partial charge in [0, 0.05) is 12.5 Å². The van der Waals surface area contributed by atoms with Crippen LogP contribution in [0.25, 0.3) is 0 Å². The third kappa shape index (κ3) is 5.31. The van der Waals surface area contributed by atoms with Gasteiger partial charge in [0.2, 0.25) is 0 Å². The molecule has 0 bridgehead atoms. The molecule has 2 heteroatoms. The molecule has 2 nitrogen and oxygen atoms in total. The standard InChI is InChI=1S/C13H24O2/c1-2-10-15-11-13(14)12-8-6-4-3-5-7-9-12/h12H,2-11H2,1H3. The van der Waals surface area contributed by atoms with Gasteiger partial charge in [-0.3, -0.25) is 4.79 Å². The van der Waals surface area contributed by atoms with Crippen LogP contribution >= 0.6 is 0 Å². The largest absolute Gasteiger partial charge is 0.374 e. The van der Waals surface area contributed by atoms with E-state index in [0.717, 1.165) is 25.9 Å². The van der Waals surface area contributed by atoms with E-state index in [-0.39, 0.29) is 0 Å². The van der Waals surface area contributed by atoms with Crippen molar-refractivity contribution in [3.63, 3.8) is 0 Å². The lowest BCUT2D eigenvalue weighted by Crippen LogP contribution is -2.21. The molecule has 0 amide bonds. The van der Waals surface area contributed by atoms with Crippen molar-refractivity contribution in [3.8, 4) is 0 Å². The van der Waals surface area contributed by atoms with Gasteiger partial charge in [0.1, 0.15) is 6.61 Å². The number of Topliss-reactive ketones (excluding diaryl/α,β-unsaturated/α-hetero) is 1. The lowest BCUT2D eigenvalue weighted by atomic mass is 9.88. The molecule has 0 N–H and O–H groups in total. The topological polar surface area (TPSA) is 26.3 Å². The van der Waals surface area contributed by atoms with E-state index in [1.807, 2.05) is 0 Å². The lowest BCUT2D eigenvalue weighted by Gasteiger charge is -2.18. The van der Waals surface area contributed by atoms with E-state index in [9.17, 15) is 4.79 Å². The van der Waals surface area contributed by atoms with Crippen LogP contribution in [0.1, 0.15) is 58.3 Å². The molecule has 0 unspecified atom stereocenters. The Morgan fingerprint density at radius 1 is 1.13 bits per heavy atom. The molecule has 0 aromatic rings. The summed E-state index contributed by atoms with van der Waals surface area (Å²) in [6, 6.07) is 0. The maximum absolute atomic E-state index is 11.8. The van der Waals surface area contributed by atoms with Crippen molar-refractivity contribution in [2.75, 3.05) is 13.2 Å². The molecule has 0 spiro atoms. The smallest absolute Gasteiger partial charge is 0.161 e. The van der Waals surface area contributed by atoms with Crippen LogP contribution < -0.4 is 0 Å². The zero-order valence-electron chi connectivity index (χ0n) is 9.96. The summed E-state index contributed by atoms with van der Waals surface area (Å²) >= 11 is 0. The number of ether oxygens (including phenoxy) is 1. The highest BCUT2D eigenvalue weighted by atomic mass is 16.5. The molecule has 0 heterocycles. The SMILES string of the molecule is CCCOCC(=O)C1CCCCCCC1. The maximum Gasteiger partial charge on any atom is 0.161 e. The molecule has 0 aromatic carbocycles. The number of carbonyl (C=O) groups is 1. The Kier molecular flexibility index (Phi) is 6.66. The van der Waals surface area contributed by atoms with Crippen LogP contribution in [0.15, 0.2) is 0 Å². The summed E-state index contributed by atoms with van der Waals surface area (Å²) in [5.74, 6) is 0.632. The van der Waals surface area contributed by atoms with Crippen LogP contribution in [0, 0.1) is 5.92 Å². The first kappa shape index (κ1) is 12.7. The van der Waals surface area contributed by atoms with Gasteiger partial charge in [-0.15, -0.1) is 0 Å². The quantitative estimate of drug-likeness (QED) is 0.653. The van der Waals surface area contributed by atoms with Crippen molar-refractivity contribution in [2.24, 2.45) is 5.92 Å². The van der Waals surface area contributed by atoms with Crippen molar-refractivity contribution in [3.05, 3.63) is 0 Å². The summed E-state index contributed by atoms with van der Waals surface area (Å²) < 4.78 is 5.32. The molecule has 1 saturated carbocycles. The van der Waals surface area contributed by atoms with Gasteiger partial charge in [0.15, 0.2) is 5.78 Å². The van der Waals surface area contributed by atoms with E-state index >= 15 is 0 Å². The highest BCUT2D eigenvalue weighted by Gasteiger charge is 2.18. The zero-order chi connectivity index (χ0) is 10.9. The second-order valence-electron chi connectivity index (χ2n) is 4.56. The van der Waals surface area contributed by atoms with Crippen molar-refractivity contribution in [2.45, 2.75) is 58.3 Å². The van der Waals surface area contributed by atoms with Gasteiger partial charge in [0.05, 0.1) is 0 Å². The molecule has 1 rings (SSSR count). The van der Waals surface area contributed by atoms with Crippen LogP contribution in [-0.2, 0) is 9.53 Å². The molecule has 1 aliphatic rings. The zero-order valence-corrected chi connectivity index (χ0v) is 9.96. The van der Waals surface area contributed by atoms with Crippen molar-refractivity contribution in [1.29, 1.82) is 0 Å². The molecular formula is C13H24O2. The van der Waals surface area contributed by atoms with Gasteiger partial charge in [-0.1, -0.05) is 39.0 Å². The average Bonchev–Trinajstić information content (AvgIpc) is 2.17. The number of ketones is 1. The fourth-order valence-corrected chi connectivity index (χ4v) is 2.21. The highest BCUT2D eigenvalue weighted by molar-refractivity contribution is 5.82. The molecule has 0 saturated heterocycles. The van der Waals surface area contributed by atoms with Gasteiger partial charge in [-0.05, 0) is 19.3 Å². The molecular weight excluding hydrogens is 188 g/mol. The van der Waals surface area contributed by atoms with E-state index in [0.29, 0.717) is 18.3 Å². The summed E-state index contributed by atoms with van der Waals surface area (Å²) in [6.07, 6.45) is 9.60. The summed E-state index contributed by atoms with van der Waals surface area (Å²) in [4.78, 5) is 11.8. The molecule has 0 aromatic heterocycles. The van der Waals surface area contributed by atoms with Crippen LogP contribution in [0.4, 0.5) is 0 Å². The number of rotatable bonds is 5. The van der Waals surface area contributed by atoms with Gasteiger partial charge in [-0.25, -0.2) is 0 Å². The first-order valence-electron chi connectivity index (χ1n) is 6.45. The normalized spacial score (nSPS) is 19.5. The minimum absolute atomic E-state index is 0.294. The third-order valence-electron chi connectivity index (χ3n) is 3.15. The molecule has 88 valence electrons. The first-order valence-corrected chi connectivity index (χ1v) is 6.45. The Balaban J connectivity index is 2.22. The second-order valence-corrected chi connectivity index (χ2v) is 4.56. The maximum atomic E-state index is 11.8. The highest BCUT2D eigenvalue weighted by Crippen LogP contribution is 2.22. The molecule has 0 aliphatic heterocycles. The second kappa shape index (κ2) is 7.86.